The first kappa shape index (κ1) is 12.7. The molecule has 0 aliphatic rings. The van der Waals surface area contributed by atoms with Crippen LogP contribution < -0.4 is 4.74 Å². The van der Waals surface area contributed by atoms with E-state index >= 15 is 0 Å². The van der Waals surface area contributed by atoms with E-state index in [0.717, 1.165) is 36.4 Å². The number of aromatic nitrogens is 2. The van der Waals surface area contributed by atoms with E-state index in [4.69, 9.17) is 4.74 Å². The normalized spacial score (nSPS) is 10.8. The molecule has 3 aromatic rings. The van der Waals surface area contributed by atoms with Crippen LogP contribution in [0.4, 0.5) is 0 Å². The quantitative estimate of drug-likeness (QED) is 0.701. The zero-order valence-corrected chi connectivity index (χ0v) is 11.6. The van der Waals surface area contributed by atoms with Crippen LogP contribution in [0.1, 0.15) is 18.9 Å². The average Bonchev–Trinajstić information content (AvgIpc) is 2.90. The number of hydrogen-bond acceptors (Lipinski definition) is 2. The molecular formula is C17H18N2O. The van der Waals surface area contributed by atoms with Crippen LogP contribution in [0.25, 0.3) is 11.0 Å². The summed E-state index contributed by atoms with van der Waals surface area (Å²) in [6.07, 6.45) is 2.91. The highest BCUT2D eigenvalue weighted by molar-refractivity contribution is 5.75. The molecule has 0 bridgehead atoms. The Hall–Kier alpha value is -2.29. The Balaban J connectivity index is 1.91. The summed E-state index contributed by atoms with van der Waals surface area (Å²) in [5.74, 6) is 0.965. The number of hydrogen-bond donors (Lipinski definition) is 0. The maximum atomic E-state index is 5.81. The minimum absolute atomic E-state index is 0.752. The molecule has 3 nitrogen and oxygen atoms in total. The molecule has 3 heteroatoms. The first-order valence-electron chi connectivity index (χ1n) is 6.99. The molecule has 0 unspecified atom stereocenters. The third-order valence-corrected chi connectivity index (χ3v) is 3.30. The molecule has 0 saturated carbocycles. The summed E-state index contributed by atoms with van der Waals surface area (Å²) in [7, 11) is 0. The van der Waals surface area contributed by atoms with Gasteiger partial charge in [0.1, 0.15) is 5.75 Å². The Morgan fingerprint density at radius 3 is 2.75 bits per heavy atom. The molecule has 0 aliphatic carbocycles. The largest absolute Gasteiger partial charge is 0.493 e. The van der Waals surface area contributed by atoms with Crippen LogP contribution in [0, 0.1) is 0 Å². The number of para-hydroxylation sites is 3. The van der Waals surface area contributed by atoms with Crippen LogP contribution in [0.3, 0.4) is 0 Å². The summed E-state index contributed by atoms with van der Waals surface area (Å²) in [5.41, 5.74) is 3.36. The van der Waals surface area contributed by atoms with Crippen molar-refractivity contribution in [2.75, 3.05) is 6.61 Å². The van der Waals surface area contributed by atoms with E-state index < -0.39 is 0 Å². The Kier molecular flexibility index (Phi) is 3.68. The van der Waals surface area contributed by atoms with Gasteiger partial charge in [-0.2, -0.15) is 0 Å². The highest BCUT2D eigenvalue weighted by Gasteiger charge is 2.06. The number of nitrogens with zero attached hydrogens (tertiary/aromatic N) is 2. The fraction of sp³-hybridized carbons (Fsp3) is 0.235. The van der Waals surface area contributed by atoms with Crippen molar-refractivity contribution >= 4 is 11.0 Å². The summed E-state index contributed by atoms with van der Waals surface area (Å²) in [6, 6.07) is 16.4. The molecule has 0 N–H and O–H groups in total. The van der Waals surface area contributed by atoms with Crippen molar-refractivity contribution in [1.82, 2.24) is 9.55 Å². The molecule has 0 spiro atoms. The van der Waals surface area contributed by atoms with E-state index in [-0.39, 0.29) is 0 Å². The zero-order chi connectivity index (χ0) is 13.8. The van der Waals surface area contributed by atoms with Gasteiger partial charge in [0.05, 0.1) is 30.5 Å². The molecular weight excluding hydrogens is 248 g/mol. The molecule has 0 saturated heterocycles. The lowest BCUT2D eigenvalue weighted by Gasteiger charge is -2.11. The maximum Gasteiger partial charge on any atom is 0.124 e. The van der Waals surface area contributed by atoms with Gasteiger partial charge in [0.15, 0.2) is 0 Å². The molecule has 1 aromatic heterocycles. The van der Waals surface area contributed by atoms with Crippen molar-refractivity contribution in [1.29, 1.82) is 0 Å². The van der Waals surface area contributed by atoms with Gasteiger partial charge in [-0.05, 0) is 24.6 Å². The number of benzene rings is 2. The number of imidazole rings is 1. The standard InChI is InChI=1S/C17H18N2O/c1-2-11-20-17-10-6-3-7-14(17)12-19-13-18-15-8-4-5-9-16(15)19/h3-10,13H,2,11-12H2,1H3. The van der Waals surface area contributed by atoms with Crippen LogP contribution in [-0.2, 0) is 6.54 Å². The van der Waals surface area contributed by atoms with Crippen molar-refractivity contribution in [2.24, 2.45) is 0 Å². The highest BCUT2D eigenvalue weighted by Crippen LogP contribution is 2.21. The number of fused-ring (bicyclic) bond motifs is 1. The predicted molar refractivity (Wildman–Crippen MR) is 81.1 cm³/mol. The van der Waals surface area contributed by atoms with Gasteiger partial charge in [-0.25, -0.2) is 4.98 Å². The van der Waals surface area contributed by atoms with Crippen LogP contribution in [0.2, 0.25) is 0 Å². The molecule has 0 fully saturated rings. The van der Waals surface area contributed by atoms with E-state index in [1.807, 2.05) is 42.7 Å². The minimum Gasteiger partial charge on any atom is -0.493 e. The van der Waals surface area contributed by atoms with Crippen molar-refractivity contribution < 1.29 is 4.74 Å². The SMILES string of the molecule is CCCOc1ccccc1Cn1cnc2ccccc21. The van der Waals surface area contributed by atoms with Gasteiger partial charge in [0.25, 0.3) is 0 Å². The third kappa shape index (κ3) is 2.52. The van der Waals surface area contributed by atoms with E-state index in [2.05, 4.69) is 28.6 Å². The van der Waals surface area contributed by atoms with Crippen LogP contribution in [0.15, 0.2) is 54.9 Å². The van der Waals surface area contributed by atoms with Gasteiger partial charge >= 0.3 is 0 Å². The topological polar surface area (TPSA) is 27.1 Å². The Labute approximate surface area is 118 Å². The molecule has 2 aromatic carbocycles. The van der Waals surface area contributed by atoms with Crippen molar-refractivity contribution in [3.8, 4) is 5.75 Å². The van der Waals surface area contributed by atoms with E-state index in [1.165, 1.54) is 5.56 Å². The molecule has 0 atom stereocenters. The molecule has 3 rings (SSSR count). The van der Waals surface area contributed by atoms with Gasteiger partial charge in [-0.3, -0.25) is 0 Å². The average molecular weight is 266 g/mol. The van der Waals surface area contributed by atoms with Crippen molar-refractivity contribution in [3.05, 3.63) is 60.4 Å². The molecule has 0 aliphatic heterocycles. The third-order valence-electron chi connectivity index (χ3n) is 3.30. The van der Waals surface area contributed by atoms with E-state index in [9.17, 15) is 0 Å². The van der Waals surface area contributed by atoms with Gasteiger partial charge in [-0.15, -0.1) is 0 Å². The van der Waals surface area contributed by atoms with Gasteiger partial charge in [-0.1, -0.05) is 37.3 Å². The van der Waals surface area contributed by atoms with E-state index in [0.29, 0.717) is 0 Å². The minimum atomic E-state index is 0.752. The summed E-state index contributed by atoms with van der Waals surface area (Å²) in [4.78, 5) is 4.43. The highest BCUT2D eigenvalue weighted by atomic mass is 16.5. The predicted octanol–water partition coefficient (Wildman–Crippen LogP) is 3.87. The van der Waals surface area contributed by atoms with Crippen LogP contribution in [-0.4, -0.2) is 16.2 Å². The second kappa shape index (κ2) is 5.78. The first-order valence-corrected chi connectivity index (χ1v) is 6.99. The van der Waals surface area contributed by atoms with Crippen LogP contribution >= 0.6 is 0 Å². The van der Waals surface area contributed by atoms with E-state index in [1.54, 1.807) is 0 Å². The van der Waals surface area contributed by atoms with Gasteiger partial charge in [0.2, 0.25) is 0 Å². The molecule has 0 radical (unpaired) electrons. The fourth-order valence-corrected chi connectivity index (χ4v) is 2.31. The smallest absolute Gasteiger partial charge is 0.124 e. The first-order chi connectivity index (χ1) is 9.88. The second-order valence-corrected chi connectivity index (χ2v) is 4.82. The Morgan fingerprint density at radius 1 is 1.05 bits per heavy atom. The lowest BCUT2D eigenvalue weighted by atomic mass is 10.2. The molecule has 0 amide bonds. The van der Waals surface area contributed by atoms with Gasteiger partial charge in [0, 0.05) is 5.56 Å². The van der Waals surface area contributed by atoms with Crippen molar-refractivity contribution in [3.63, 3.8) is 0 Å². The van der Waals surface area contributed by atoms with Crippen molar-refractivity contribution in [2.45, 2.75) is 19.9 Å². The summed E-state index contributed by atoms with van der Waals surface area (Å²) >= 11 is 0. The zero-order valence-electron chi connectivity index (χ0n) is 11.6. The summed E-state index contributed by atoms with van der Waals surface area (Å²) in [5, 5.41) is 0. The Bertz CT molecular complexity index is 703. The summed E-state index contributed by atoms with van der Waals surface area (Å²) in [6.45, 7) is 3.65. The number of ether oxygens (including phenoxy) is 1. The summed E-state index contributed by atoms with van der Waals surface area (Å²) < 4.78 is 7.97. The fourth-order valence-electron chi connectivity index (χ4n) is 2.31. The lowest BCUT2D eigenvalue weighted by molar-refractivity contribution is 0.313. The monoisotopic (exact) mass is 266 g/mol. The van der Waals surface area contributed by atoms with Crippen LogP contribution in [0.5, 0.6) is 5.75 Å². The lowest BCUT2D eigenvalue weighted by Crippen LogP contribution is -2.03. The number of rotatable bonds is 5. The maximum absolute atomic E-state index is 5.81. The Morgan fingerprint density at radius 2 is 1.85 bits per heavy atom. The molecule has 1 heterocycles. The molecule has 102 valence electrons. The van der Waals surface area contributed by atoms with Gasteiger partial charge < -0.3 is 9.30 Å². The second-order valence-electron chi connectivity index (χ2n) is 4.82. The molecule has 20 heavy (non-hydrogen) atoms.